The molecule has 0 aliphatic rings. The van der Waals surface area contributed by atoms with Crippen LogP contribution in [0.25, 0.3) is 0 Å². The molecule has 0 aliphatic heterocycles. The van der Waals surface area contributed by atoms with Gasteiger partial charge in [-0.2, -0.15) is 0 Å². The molecule has 0 bridgehead atoms. The molecule has 0 radical (unpaired) electrons. The van der Waals surface area contributed by atoms with Gasteiger partial charge in [-0.05, 0) is 24.3 Å². The van der Waals surface area contributed by atoms with E-state index in [2.05, 4.69) is 0 Å². The van der Waals surface area contributed by atoms with Gasteiger partial charge in [-0.3, -0.25) is 4.79 Å². The Morgan fingerprint density at radius 2 is 1.00 bits per heavy atom. The number of benzene rings is 2. The molecule has 0 fully saturated rings. The molecule has 0 N–H and O–H groups in total. The Balaban J connectivity index is 2.71. The van der Waals surface area contributed by atoms with Crippen molar-refractivity contribution in [2.45, 2.75) is 9.79 Å². The van der Waals surface area contributed by atoms with E-state index in [4.69, 9.17) is 0 Å². The molecule has 0 saturated carbocycles. The summed E-state index contributed by atoms with van der Waals surface area (Å²) in [7, 11) is -7.21. The van der Waals surface area contributed by atoms with Crippen LogP contribution in [0.3, 0.4) is 0 Å². The number of rotatable bonds is 4. The van der Waals surface area contributed by atoms with Gasteiger partial charge in [0, 0.05) is 23.6 Å². The first-order valence-corrected chi connectivity index (χ1v) is 10.0. The molecule has 116 valence electrons. The van der Waals surface area contributed by atoms with Gasteiger partial charge in [0.25, 0.3) is 0 Å². The Morgan fingerprint density at radius 1 is 0.682 bits per heavy atom. The first-order valence-electron chi connectivity index (χ1n) is 6.25. The van der Waals surface area contributed by atoms with Crippen LogP contribution in [-0.4, -0.2) is 35.1 Å². The molecule has 0 atom stereocenters. The fourth-order valence-corrected chi connectivity index (χ4v) is 3.87. The van der Waals surface area contributed by atoms with Gasteiger partial charge in [-0.25, -0.2) is 16.8 Å². The maximum Gasteiger partial charge on any atom is 0.195 e. The Hall–Kier alpha value is -1.99. The standard InChI is InChI=1S/C15H14O5S2/c1-21(17,18)13-9-5-3-7-11(13)15(16)12-8-4-6-10-14(12)22(2,19)20/h3-10H,1-2H3. The van der Waals surface area contributed by atoms with Gasteiger partial charge in [-0.1, -0.05) is 24.3 Å². The molecule has 7 heteroatoms. The second kappa shape index (κ2) is 5.66. The topological polar surface area (TPSA) is 85.3 Å². The van der Waals surface area contributed by atoms with Crippen LogP contribution >= 0.6 is 0 Å². The van der Waals surface area contributed by atoms with Crippen molar-refractivity contribution in [1.29, 1.82) is 0 Å². The highest BCUT2D eigenvalue weighted by Crippen LogP contribution is 2.23. The van der Waals surface area contributed by atoms with Crippen LogP contribution < -0.4 is 0 Å². The lowest BCUT2D eigenvalue weighted by molar-refractivity contribution is 0.103. The normalized spacial score (nSPS) is 12.1. The quantitative estimate of drug-likeness (QED) is 0.793. The minimum absolute atomic E-state index is 0.0406. The highest BCUT2D eigenvalue weighted by Gasteiger charge is 2.23. The van der Waals surface area contributed by atoms with Crippen molar-refractivity contribution in [2.75, 3.05) is 12.5 Å². The van der Waals surface area contributed by atoms with E-state index < -0.39 is 25.5 Å². The first-order chi connectivity index (χ1) is 10.1. The molecular formula is C15H14O5S2. The molecule has 2 rings (SSSR count). The Kier molecular flexibility index (Phi) is 4.21. The van der Waals surface area contributed by atoms with Crippen molar-refractivity contribution in [3.05, 3.63) is 59.7 Å². The lowest BCUT2D eigenvalue weighted by atomic mass is 10.0. The van der Waals surface area contributed by atoms with Crippen molar-refractivity contribution >= 4 is 25.5 Å². The maximum atomic E-state index is 12.7. The van der Waals surface area contributed by atoms with Crippen molar-refractivity contribution in [3.63, 3.8) is 0 Å². The van der Waals surface area contributed by atoms with Crippen LogP contribution in [0, 0.1) is 0 Å². The predicted octanol–water partition coefficient (Wildman–Crippen LogP) is 1.72. The molecule has 5 nitrogen and oxygen atoms in total. The monoisotopic (exact) mass is 338 g/mol. The van der Waals surface area contributed by atoms with Crippen molar-refractivity contribution < 1.29 is 21.6 Å². The molecule has 0 amide bonds. The molecule has 0 unspecified atom stereocenters. The van der Waals surface area contributed by atoms with Crippen molar-refractivity contribution in [1.82, 2.24) is 0 Å². The Bertz CT molecular complexity index is 864. The smallest absolute Gasteiger partial charge is 0.195 e. The molecule has 0 saturated heterocycles. The fourth-order valence-electron chi connectivity index (χ4n) is 2.10. The summed E-state index contributed by atoms with van der Waals surface area (Å²) in [6, 6.07) is 11.5. The third kappa shape index (κ3) is 3.26. The van der Waals surface area contributed by atoms with Crippen molar-refractivity contribution in [2.24, 2.45) is 0 Å². The van der Waals surface area contributed by atoms with E-state index in [1.54, 1.807) is 0 Å². The summed E-state index contributed by atoms with van der Waals surface area (Å²) in [6.45, 7) is 0. The number of carbonyl (C=O) groups excluding carboxylic acids is 1. The van der Waals surface area contributed by atoms with E-state index in [0.717, 1.165) is 12.5 Å². The number of hydrogen-bond acceptors (Lipinski definition) is 5. The third-order valence-electron chi connectivity index (χ3n) is 3.06. The van der Waals surface area contributed by atoms with Gasteiger partial charge < -0.3 is 0 Å². The summed E-state index contributed by atoms with van der Waals surface area (Å²) in [5.41, 5.74) is -0.0813. The molecule has 2 aromatic rings. The predicted molar refractivity (Wildman–Crippen MR) is 82.5 cm³/mol. The minimum atomic E-state index is -3.61. The van der Waals surface area contributed by atoms with Crippen LogP contribution in [-0.2, 0) is 19.7 Å². The molecule has 22 heavy (non-hydrogen) atoms. The Labute approximate surface area is 129 Å². The Morgan fingerprint density at radius 3 is 1.32 bits per heavy atom. The van der Waals surface area contributed by atoms with E-state index in [0.29, 0.717) is 0 Å². The minimum Gasteiger partial charge on any atom is -0.289 e. The zero-order chi connectivity index (χ0) is 16.5. The zero-order valence-electron chi connectivity index (χ0n) is 12.0. The summed E-state index contributed by atoms with van der Waals surface area (Å²) in [5, 5.41) is 0. The number of hydrogen-bond donors (Lipinski definition) is 0. The van der Waals surface area contributed by atoms with E-state index in [-0.39, 0.29) is 20.9 Å². The number of ketones is 1. The van der Waals surface area contributed by atoms with Gasteiger partial charge in [0.2, 0.25) is 0 Å². The largest absolute Gasteiger partial charge is 0.289 e. The lowest BCUT2D eigenvalue weighted by Crippen LogP contribution is -2.13. The van der Waals surface area contributed by atoms with Crippen LogP contribution in [0.4, 0.5) is 0 Å². The van der Waals surface area contributed by atoms with Gasteiger partial charge in [0.05, 0.1) is 9.79 Å². The van der Waals surface area contributed by atoms with E-state index >= 15 is 0 Å². The highest BCUT2D eigenvalue weighted by atomic mass is 32.2. The van der Waals surface area contributed by atoms with E-state index in [1.807, 2.05) is 0 Å². The summed E-state index contributed by atoms with van der Waals surface area (Å²) in [5.74, 6) is -0.637. The van der Waals surface area contributed by atoms with Crippen LogP contribution in [0.15, 0.2) is 58.3 Å². The van der Waals surface area contributed by atoms with Gasteiger partial charge in [-0.15, -0.1) is 0 Å². The average molecular weight is 338 g/mol. The summed E-state index contributed by atoms with van der Waals surface area (Å²) >= 11 is 0. The summed E-state index contributed by atoms with van der Waals surface area (Å²) < 4.78 is 47.2. The molecule has 0 aromatic heterocycles. The molecule has 0 aliphatic carbocycles. The third-order valence-corrected chi connectivity index (χ3v) is 5.37. The molecular weight excluding hydrogens is 324 g/mol. The molecule has 0 heterocycles. The van der Waals surface area contributed by atoms with Crippen LogP contribution in [0.5, 0.6) is 0 Å². The van der Waals surface area contributed by atoms with E-state index in [1.165, 1.54) is 48.5 Å². The number of sulfone groups is 2. The van der Waals surface area contributed by atoms with E-state index in [9.17, 15) is 21.6 Å². The fraction of sp³-hybridized carbons (Fsp3) is 0.133. The van der Waals surface area contributed by atoms with Gasteiger partial charge in [0.1, 0.15) is 0 Å². The highest BCUT2D eigenvalue weighted by molar-refractivity contribution is 7.91. The van der Waals surface area contributed by atoms with Gasteiger partial charge >= 0.3 is 0 Å². The summed E-state index contributed by atoms with van der Waals surface area (Å²) in [4.78, 5) is 12.4. The van der Waals surface area contributed by atoms with Gasteiger partial charge in [0.15, 0.2) is 25.5 Å². The number of carbonyl (C=O) groups is 1. The maximum absolute atomic E-state index is 12.7. The average Bonchev–Trinajstić information content (AvgIpc) is 2.45. The lowest BCUT2D eigenvalue weighted by Gasteiger charge is -2.10. The van der Waals surface area contributed by atoms with Crippen molar-refractivity contribution in [3.8, 4) is 0 Å². The summed E-state index contributed by atoms with van der Waals surface area (Å²) in [6.07, 6.45) is 2.00. The first kappa shape index (κ1) is 16.4. The second-order valence-electron chi connectivity index (χ2n) is 4.87. The second-order valence-corrected chi connectivity index (χ2v) is 8.83. The SMILES string of the molecule is CS(=O)(=O)c1ccccc1C(=O)c1ccccc1S(C)(=O)=O. The molecule has 0 spiro atoms. The molecule has 2 aromatic carbocycles. The zero-order valence-corrected chi connectivity index (χ0v) is 13.6. The van der Waals surface area contributed by atoms with Crippen LogP contribution in [0.1, 0.15) is 15.9 Å². The van der Waals surface area contributed by atoms with Crippen LogP contribution in [0.2, 0.25) is 0 Å².